The van der Waals surface area contributed by atoms with Gasteiger partial charge < -0.3 is 9.73 Å². The van der Waals surface area contributed by atoms with E-state index in [2.05, 4.69) is 22.4 Å². The van der Waals surface area contributed by atoms with Crippen molar-refractivity contribution in [2.75, 3.05) is 5.32 Å². The second-order valence-electron chi connectivity index (χ2n) is 6.54. The van der Waals surface area contributed by atoms with Gasteiger partial charge >= 0.3 is 0 Å². The molecule has 0 radical (unpaired) electrons. The highest BCUT2D eigenvalue weighted by molar-refractivity contribution is 5.91. The monoisotopic (exact) mass is 368 g/mol. The normalized spacial score (nSPS) is 11.7. The van der Waals surface area contributed by atoms with Gasteiger partial charge in [-0.3, -0.25) is 9.78 Å². The van der Waals surface area contributed by atoms with Crippen LogP contribution in [0.15, 0.2) is 102 Å². The molecule has 0 fully saturated rings. The third-order valence-electron chi connectivity index (χ3n) is 4.66. The van der Waals surface area contributed by atoms with E-state index in [1.807, 2.05) is 66.7 Å². The van der Waals surface area contributed by atoms with Gasteiger partial charge in [0.2, 0.25) is 5.91 Å². The summed E-state index contributed by atoms with van der Waals surface area (Å²) in [7, 11) is 0. The molecule has 0 spiro atoms. The van der Waals surface area contributed by atoms with E-state index in [-0.39, 0.29) is 18.2 Å². The van der Waals surface area contributed by atoms with E-state index in [0.717, 1.165) is 28.1 Å². The zero-order chi connectivity index (χ0) is 19.2. The van der Waals surface area contributed by atoms with Gasteiger partial charge in [0.25, 0.3) is 0 Å². The van der Waals surface area contributed by atoms with Gasteiger partial charge in [-0.2, -0.15) is 0 Å². The molecule has 0 bridgehead atoms. The Hall–Kier alpha value is -3.66. The Morgan fingerprint density at radius 3 is 2.25 bits per heavy atom. The number of pyridine rings is 1. The summed E-state index contributed by atoms with van der Waals surface area (Å²) in [5.74, 6) is 0.549. The summed E-state index contributed by atoms with van der Waals surface area (Å²) < 4.78 is 5.57. The summed E-state index contributed by atoms with van der Waals surface area (Å²) in [4.78, 5) is 16.7. The Morgan fingerprint density at radius 2 is 1.57 bits per heavy atom. The first-order chi connectivity index (χ1) is 13.8. The van der Waals surface area contributed by atoms with Gasteiger partial charge in [-0.15, -0.1) is 0 Å². The molecule has 0 saturated carbocycles. The number of rotatable bonds is 6. The molecular weight excluding hydrogens is 348 g/mol. The van der Waals surface area contributed by atoms with Crippen LogP contribution in [-0.4, -0.2) is 10.9 Å². The fraction of sp³-hybridized carbons (Fsp3) is 0.0833. The summed E-state index contributed by atoms with van der Waals surface area (Å²) in [6.07, 6.45) is 5.37. The fourth-order valence-corrected chi connectivity index (χ4v) is 3.24. The first-order valence-electron chi connectivity index (χ1n) is 9.18. The number of benzene rings is 2. The van der Waals surface area contributed by atoms with Gasteiger partial charge in [-0.25, -0.2) is 0 Å². The molecule has 4 aromatic rings. The Balaban J connectivity index is 1.47. The third kappa shape index (κ3) is 4.18. The van der Waals surface area contributed by atoms with Crippen molar-refractivity contribution in [2.24, 2.45) is 0 Å². The molecule has 0 saturated heterocycles. The molecule has 1 atom stereocenters. The lowest BCUT2D eigenvalue weighted by Crippen LogP contribution is -2.16. The van der Waals surface area contributed by atoms with E-state index in [4.69, 9.17) is 4.42 Å². The van der Waals surface area contributed by atoms with E-state index >= 15 is 0 Å². The van der Waals surface area contributed by atoms with Crippen LogP contribution in [0.25, 0.3) is 11.1 Å². The zero-order valence-electron chi connectivity index (χ0n) is 15.3. The van der Waals surface area contributed by atoms with Crippen molar-refractivity contribution in [3.63, 3.8) is 0 Å². The number of hydrogen-bond donors (Lipinski definition) is 1. The van der Waals surface area contributed by atoms with E-state index in [9.17, 15) is 4.79 Å². The van der Waals surface area contributed by atoms with Gasteiger partial charge in [0, 0.05) is 24.5 Å². The molecule has 0 aliphatic carbocycles. The quantitative estimate of drug-likeness (QED) is 0.489. The number of aromatic nitrogens is 1. The van der Waals surface area contributed by atoms with Crippen LogP contribution in [0.1, 0.15) is 23.7 Å². The van der Waals surface area contributed by atoms with Crippen molar-refractivity contribution in [3.05, 3.63) is 109 Å². The van der Waals surface area contributed by atoms with Crippen molar-refractivity contribution < 1.29 is 9.21 Å². The summed E-state index contributed by atoms with van der Waals surface area (Å²) in [5.41, 5.74) is 4.04. The lowest BCUT2D eigenvalue weighted by Gasteiger charge is -2.15. The molecule has 4 nitrogen and oxygen atoms in total. The van der Waals surface area contributed by atoms with Crippen LogP contribution >= 0.6 is 0 Å². The molecule has 2 aromatic heterocycles. The SMILES string of the molecule is O=C(CC(c1ccncc1)c1ccco1)Nc1ccc(-c2ccccc2)cc1. The predicted molar refractivity (Wildman–Crippen MR) is 110 cm³/mol. The fourth-order valence-electron chi connectivity index (χ4n) is 3.24. The van der Waals surface area contributed by atoms with E-state index in [0.29, 0.717) is 0 Å². The maximum absolute atomic E-state index is 12.7. The number of amides is 1. The highest BCUT2D eigenvalue weighted by atomic mass is 16.3. The number of carbonyl (C=O) groups is 1. The van der Waals surface area contributed by atoms with Crippen LogP contribution in [0.2, 0.25) is 0 Å². The Morgan fingerprint density at radius 1 is 0.857 bits per heavy atom. The topological polar surface area (TPSA) is 55.1 Å². The minimum absolute atomic E-state index is 0.0642. The van der Waals surface area contributed by atoms with Crippen LogP contribution in [0.5, 0.6) is 0 Å². The largest absolute Gasteiger partial charge is 0.469 e. The summed E-state index contributed by atoms with van der Waals surface area (Å²) in [6, 6.07) is 25.6. The van der Waals surface area contributed by atoms with Crippen molar-refractivity contribution in [2.45, 2.75) is 12.3 Å². The van der Waals surface area contributed by atoms with E-state index in [1.54, 1.807) is 18.7 Å². The second-order valence-corrected chi connectivity index (χ2v) is 6.54. The number of anilines is 1. The molecule has 0 aliphatic rings. The molecule has 2 aromatic carbocycles. The first-order valence-corrected chi connectivity index (χ1v) is 9.18. The van der Waals surface area contributed by atoms with Crippen molar-refractivity contribution in [1.82, 2.24) is 4.98 Å². The van der Waals surface area contributed by atoms with Gasteiger partial charge in [-0.05, 0) is 53.1 Å². The molecule has 0 aliphatic heterocycles. The second kappa shape index (κ2) is 8.35. The maximum atomic E-state index is 12.7. The van der Waals surface area contributed by atoms with Crippen molar-refractivity contribution >= 4 is 11.6 Å². The number of nitrogens with one attached hydrogen (secondary N) is 1. The van der Waals surface area contributed by atoms with Crippen LogP contribution in [0, 0.1) is 0 Å². The zero-order valence-corrected chi connectivity index (χ0v) is 15.3. The Bertz CT molecular complexity index is 1010. The minimum atomic E-state index is -0.151. The highest BCUT2D eigenvalue weighted by Crippen LogP contribution is 2.29. The molecule has 1 amide bonds. The third-order valence-corrected chi connectivity index (χ3v) is 4.66. The Labute approximate surface area is 163 Å². The van der Waals surface area contributed by atoms with E-state index in [1.165, 1.54) is 0 Å². The molecule has 2 heterocycles. The van der Waals surface area contributed by atoms with Crippen LogP contribution in [0.3, 0.4) is 0 Å². The number of furan rings is 1. The van der Waals surface area contributed by atoms with Crippen LogP contribution in [-0.2, 0) is 4.79 Å². The lowest BCUT2D eigenvalue weighted by molar-refractivity contribution is -0.116. The average molecular weight is 368 g/mol. The summed E-state index contributed by atoms with van der Waals surface area (Å²) in [5, 5.41) is 2.99. The summed E-state index contributed by atoms with van der Waals surface area (Å²) >= 11 is 0. The van der Waals surface area contributed by atoms with Crippen molar-refractivity contribution in [1.29, 1.82) is 0 Å². The van der Waals surface area contributed by atoms with Crippen LogP contribution < -0.4 is 5.32 Å². The van der Waals surface area contributed by atoms with Gasteiger partial charge in [-0.1, -0.05) is 42.5 Å². The molecule has 4 heteroatoms. The first kappa shape index (κ1) is 17.7. The molecular formula is C24H20N2O2. The Kier molecular flexibility index (Phi) is 5.29. The molecule has 1 unspecified atom stereocenters. The predicted octanol–water partition coefficient (Wildman–Crippen LogP) is 5.50. The standard InChI is InChI=1S/C24H20N2O2/c27-24(17-22(23-7-4-16-28-23)20-12-14-25-15-13-20)26-21-10-8-19(9-11-21)18-5-2-1-3-6-18/h1-16,22H,17H2,(H,26,27). The molecule has 138 valence electrons. The number of nitrogens with zero attached hydrogens (tertiary/aromatic N) is 1. The molecule has 28 heavy (non-hydrogen) atoms. The smallest absolute Gasteiger partial charge is 0.225 e. The summed E-state index contributed by atoms with van der Waals surface area (Å²) in [6.45, 7) is 0. The van der Waals surface area contributed by atoms with Gasteiger partial charge in [0.05, 0.1) is 12.2 Å². The maximum Gasteiger partial charge on any atom is 0.225 e. The van der Waals surface area contributed by atoms with Crippen molar-refractivity contribution in [3.8, 4) is 11.1 Å². The number of carbonyl (C=O) groups excluding carboxylic acids is 1. The molecule has 4 rings (SSSR count). The number of hydrogen-bond acceptors (Lipinski definition) is 3. The lowest BCUT2D eigenvalue weighted by atomic mass is 9.93. The highest BCUT2D eigenvalue weighted by Gasteiger charge is 2.20. The molecule has 1 N–H and O–H groups in total. The van der Waals surface area contributed by atoms with Crippen LogP contribution in [0.4, 0.5) is 5.69 Å². The average Bonchev–Trinajstić information content (AvgIpc) is 3.28. The van der Waals surface area contributed by atoms with Gasteiger partial charge in [0.1, 0.15) is 5.76 Å². The van der Waals surface area contributed by atoms with E-state index < -0.39 is 0 Å². The van der Waals surface area contributed by atoms with Gasteiger partial charge in [0.15, 0.2) is 0 Å². The minimum Gasteiger partial charge on any atom is -0.469 e.